The van der Waals surface area contributed by atoms with Gasteiger partial charge in [-0.2, -0.15) is 0 Å². The summed E-state index contributed by atoms with van der Waals surface area (Å²) in [5, 5.41) is 8.39. The van der Waals surface area contributed by atoms with Gasteiger partial charge >= 0.3 is 5.97 Å². The standard InChI is InChI=1S/C21H25N3O5S/c1-12-9-16(24-20(28)21(2,3)4)30-17(12)19(27)29-11-15(25)23-14-8-6-7-13(10-14)18(26)22-5/h6-10H,11H2,1-5H3,(H,22,26)(H,23,25)(H,24,28). The van der Waals surface area contributed by atoms with E-state index in [-0.39, 0.29) is 11.8 Å². The Morgan fingerprint density at radius 1 is 1.07 bits per heavy atom. The fourth-order valence-corrected chi connectivity index (χ4v) is 3.28. The third-order valence-corrected chi connectivity index (χ3v) is 5.12. The molecular formula is C21H25N3O5S. The van der Waals surface area contributed by atoms with Crippen molar-refractivity contribution < 1.29 is 23.9 Å². The fourth-order valence-electron chi connectivity index (χ4n) is 2.32. The van der Waals surface area contributed by atoms with Crippen molar-refractivity contribution >= 4 is 45.7 Å². The summed E-state index contributed by atoms with van der Waals surface area (Å²) < 4.78 is 5.09. The fraction of sp³-hybridized carbons (Fsp3) is 0.333. The number of aryl methyl sites for hydroxylation is 1. The van der Waals surface area contributed by atoms with Gasteiger partial charge in [-0.3, -0.25) is 14.4 Å². The van der Waals surface area contributed by atoms with E-state index in [1.54, 1.807) is 52.0 Å². The van der Waals surface area contributed by atoms with Crippen LogP contribution in [0.3, 0.4) is 0 Å². The number of thiophene rings is 1. The lowest BCUT2D eigenvalue weighted by molar-refractivity contribution is -0.123. The minimum atomic E-state index is -0.650. The Morgan fingerprint density at radius 2 is 1.77 bits per heavy atom. The number of hydrogen-bond acceptors (Lipinski definition) is 6. The third-order valence-electron chi connectivity index (χ3n) is 3.99. The van der Waals surface area contributed by atoms with Crippen molar-refractivity contribution in [2.24, 2.45) is 5.41 Å². The van der Waals surface area contributed by atoms with Crippen LogP contribution in [0.5, 0.6) is 0 Å². The summed E-state index contributed by atoms with van der Waals surface area (Å²) in [6.07, 6.45) is 0. The van der Waals surface area contributed by atoms with Gasteiger partial charge in [0.2, 0.25) is 5.91 Å². The molecule has 0 aliphatic carbocycles. The van der Waals surface area contributed by atoms with Crippen LogP contribution in [-0.4, -0.2) is 37.3 Å². The Balaban J connectivity index is 1.95. The van der Waals surface area contributed by atoms with Crippen molar-refractivity contribution in [3.8, 4) is 0 Å². The molecular weight excluding hydrogens is 406 g/mol. The first-order valence-corrected chi connectivity index (χ1v) is 10.0. The number of ether oxygens (including phenoxy) is 1. The molecule has 8 nitrogen and oxygen atoms in total. The van der Waals surface area contributed by atoms with Crippen LogP contribution in [0, 0.1) is 12.3 Å². The highest BCUT2D eigenvalue weighted by atomic mass is 32.1. The van der Waals surface area contributed by atoms with E-state index in [4.69, 9.17) is 4.74 Å². The lowest BCUT2D eigenvalue weighted by atomic mass is 9.96. The van der Waals surface area contributed by atoms with E-state index in [0.717, 1.165) is 11.3 Å². The van der Waals surface area contributed by atoms with Crippen LogP contribution in [-0.2, 0) is 14.3 Å². The number of benzene rings is 1. The quantitative estimate of drug-likeness (QED) is 0.608. The van der Waals surface area contributed by atoms with E-state index in [1.807, 2.05) is 0 Å². The molecule has 0 unspecified atom stereocenters. The first-order valence-electron chi connectivity index (χ1n) is 9.22. The third kappa shape index (κ3) is 6.15. The normalized spacial score (nSPS) is 10.8. The molecule has 0 spiro atoms. The highest BCUT2D eigenvalue weighted by molar-refractivity contribution is 7.18. The molecule has 0 bridgehead atoms. The smallest absolute Gasteiger partial charge is 0.349 e. The summed E-state index contributed by atoms with van der Waals surface area (Å²) in [5.74, 6) is -1.63. The number of rotatable bonds is 6. The predicted molar refractivity (Wildman–Crippen MR) is 116 cm³/mol. The zero-order chi connectivity index (χ0) is 22.5. The largest absolute Gasteiger partial charge is 0.451 e. The molecule has 0 fully saturated rings. The molecule has 0 aliphatic heterocycles. The maximum Gasteiger partial charge on any atom is 0.349 e. The molecule has 0 aliphatic rings. The number of carbonyl (C=O) groups is 4. The van der Waals surface area contributed by atoms with Crippen molar-refractivity contribution in [3.05, 3.63) is 46.3 Å². The minimum Gasteiger partial charge on any atom is -0.451 e. The van der Waals surface area contributed by atoms with Crippen LogP contribution in [0.2, 0.25) is 0 Å². The number of nitrogens with one attached hydrogen (secondary N) is 3. The second-order valence-corrected chi connectivity index (χ2v) is 8.66. The Bertz CT molecular complexity index is 975. The maximum atomic E-state index is 12.3. The van der Waals surface area contributed by atoms with Gasteiger partial charge in [0.15, 0.2) is 6.61 Å². The average molecular weight is 432 g/mol. The molecule has 2 aromatic rings. The number of anilines is 2. The lowest BCUT2D eigenvalue weighted by Crippen LogP contribution is -2.27. The topological polar surface area (TPSA) is 114 Å². The summed E-state index contributed by atoms with van der Waals surface area (Å²) in [5.41, 5.74) is 0.891. The average Bonchev–Trinajstić information content (AvgIpc) is 3.05. The van der Waals surface area contributed by atoms with Crippen LogP contribution >= 0.6 is 11.3 Å². The van der Waals surface area contributed by atoms with Crippen LogP contribution in [0.15, 0.2) is 30.3 Å². The molecule has 9 heteroatoms. The van der Waals surface area contributed by atoms with E-state index in [1.165, 1.54) is 13.1 Å². The molecule has 3 N–H and O–H groups in total. The summed E-state index contributed by atoms with van der Waals surface area (Å²) in [4.78, 5) is 48.5. The summed E-state index contributed by atoms with van der Waals surface area (Å²) in [6, 6.07) is 8.08. The van der Waals surface area contributed by atoms with Gasteiger partial charge in [-0.1, -0.05) is 26.8 Å². The van der Waals surface area contributed by atoms with Gasteiger partial charge < -0.3 is 20.7 Å². The van der Waals surface area contributed by atoms with Crippen molar-refractivity contribution in [3.63, 3.8) is 0 Å². The molecule has 3 amide bonds. The highest BCUT2D eigenvalue weighted by Gasteiger charge is 2.23. The summed E-state index contributed by atoms with van der Waals surface area (Å²) in [7, 11) is 1.51. The predicted octanol–water partition coefficient (Wildman–Crippen LogP) is 3.20. The molecule has 1 aromatic heterocycles. The first kappa shape index (κ1) is 23.1. The lowest BCUT2D eigenvalue weighted by Gasteiger charge is -2.16. The minimum absolute atomic E-state index is 0.165. The van der Waals surface area contributed by atoms with Gasteiger partial charge in [-0.05, 0) is 36.8 Å². The number of esters is 1. The second-order valence-electron chi connectivity index (χ2n) is 7.61. The van der Waals surface area contributed by atoms with E-state index in [9.17, 15) is 19.2 Å². The van der Waals surface area contributed by atoms with Gasteiger partial charge in [-0.25, -0.2) is 4.79 Å². The van der Waals surface area contributed by atoms with Crippen molar-refractivity contribution in [2.45, 2.75) is 27.7 Å². The van der Waals surface area contributed by atoms with E-state index in [0.29, 0.717) is 26.7 Å². The zero-order valence-electron chi connectivity index (χ0n) is 17.5. The second kappa shape index (κ2) is 9.53. The maximum absolute atomic E-state index is 12.3. The van der Waals surface area contributed by atoms with Gasteiger partial charge in [0.05, 0.1) is 5.00 Å². The SMILES string of the molecule is CNC(=O)c1cccc(NC(=O)COC(=O)c2sc(NC(=O)C(C)(C)C)cc2C)c1. The van der Waals surface area contributed by atoms with Crippen molar-refractivity contribution in [1.29, 1.82) is 0 Å². The summed E-state index contributed by atoms with van der Waals surface area (Å²) in [6.45, 7) is 6.62. The molecule has 0 atom stereocenters. The van der Waals surface area contributed by atoms with Crippen LogP contribution in [0.4, 0.5) is 10.7 Å². The molecule has 2 rings (SSSR count). The number of amides is 3. The Labute approximate surface area is 179 Å². The Morgan fingerprint density at radius 3 is 2.40 bits per heavy atom. The molecule has 0 saturated heterocycles. The highest BCUT2D eigenvalue weighted by Crippen LogP contribution is 2.29. The summed E-state index contributed by atoms with van der Waals surface area (Å²) >= 11 is 1.09. The molecule has 0 saturated carbocycles. The Kier molecular flexibility index (Phi) is 7.33. The van der Waals surface area contributed by atoms with E-state index >= 15 is 0 Å². The first-order chi connectivity index (χ1) is 14.0. The van der Waals surface area contributed by atoms with Gasteiger partial charge in [-0.15, -0.1) is 11.3 Å². The molecule has 160 valence electrons. The molecule has 1 aromatic carbocycles. The molecule has 1 heterocycles. The van der Waals surface area contributed by atoms with Crippen LogP contribution in [0.25, 0.3) is 0 Å². The van der Waals surface area contributed by atoms with Crippen LogP contribution in [0.1, 0.15) is 46.4 Å². The van der Waals surface area contributed by atoms with E-state index < -0.39 is 23.9 Å². The van der Waals surface area contributed by atoms with Gasteiger partial charge in [0, 0.05) is 23.7 Å². The molecule has 0 radical (unpaired) electrons. The number of carbonyl (C=O) groups excluding carboxylic acids is 4. The monoisotopic (exact) mass is 431 g/mol. The van der Waals surface area contributed by atoms with E-state index in [2.05, 4.69) is 16.0 Å². The number of hydrogen-bond donors (Lipinski definition) is 3. The van der Waals surface area contributed by atoms with Gasteiger partial charge in [0.1, 0.15) is 4.88 Å². The van der Waals surface area contributed by atoms with Crippen LogP contribution < -0.4 is 16.0 Å². The van der Waals surface area contributed by atoms with Gasteiger partial charge in [0.25, 0.3) is 11.8 Å². The van der Waals surface area contributed by atoms with Crippen molar-refractivity contribution in [1.82, 2.24) is 5.32 Å². The zero-order valence-corrected chi connectivity index (χ0v) is 18.4. The molecule has 30 heavy (non-hydrogen) atoms. The Hall–Kier alpha value is -3.20. The van der Waals surface area contributed by atoms with Crippen molar-refractivity contribution in [2.75, 3.05) is 24.3 Å².